The van der Waals surface area contributed by atoms with E-state index in [2.05, 4.69) is 84.9 Å². The largest absolute Gasteiger partial charge is 0.504 e. The van der Waals surface area contributed by atoms with E-state index in [0.717, 1.165) is 82.3 Å². The van der Waals surface area contributed by atoms with Gasteiger partial charge in [0.2, 0.25) is 0 Å². The highest BCUT2D eigenvalue weighted by atomic mass is 16.4. The second kappa shape index (κ2) is 22.9. The van der Waals surface area contributed by atoms with Crippen molar-refractivity contribution in [3.63, 3.8) is 0 Å². The Kier molecular flexibility index (Phi) is 20.2. The lowest BCUT2D eigenvalue weighted by molar-refractivity contribution is 0.0696. The van der Waals surface area contributed by atoms with Crippen LogP contribution in [0.3, 0.4) is 0 Å². The lowest BCUT2D eigenvalue weighted by atomic mass is 10.0. The van der Waals surface area contributed by atoms with Gasteiger partial charge in [0.1, 0.15) is 0 Å². The number of phenols is 2. The van der Waals surface area contributed by atoms with Gasteiger partial charge < -0.3 is 15.3 Å². The molecule has 0 amide bonds. The Labute approximate surface area is 280 Å². The zero-order valence-electron chi connectivity index (χ0n) is 30.1. The molecule has 0 fully saturated rings. The third-order valence-corrected chi connectivity index (χ3v) is 8.33. The number of allylic oxidation sites excluding steroid dienone is 14. The maximum atomic E-state index is 11.2. The fourth-order valence-corrected chi connectivity index (χ4v) is 5.17. The number of carbonyl (C=O) groups is 1. The van der Waals surface area contributed by atoms with Gasteiger partial charge in [0.25, 0.3) is 0 Å². The Morgan fingerprint density at radius 1 is 0.522 bits per heavy atom. The Morgan fingerprint density at radius 3 is 1.17 bits per heavy atom. The van der Waals surface area contributed by atoms with Crippen LogP contribution >= 0.6 is 0 Å². The number of hydrogen-bond acceptors (Lipinski definition) is 3. The predicted octanol–water partition coefficient (Wildman–Crippen LogP) is 12.7. The third-order valence-electron chi connectivity index (χ3n) is 8.33. The second-order valence-electron chi connectivity index (χ2n) is 13.3. The number of phenolic OH excluding ortho intramolecular Hbond substituents is 2. The average Bonchev–Trinajstić information content (AvgIpc) is 2.97. The number of aromatic carboxylic acids is 1. The summed E-state index contributed by atoms with van der Waals surface area (Å²) in [6, 6.07) is 2.48. The van der Waals surface area contributed by atoms with E-state index in [1.165, 1.54) is 45.9 Å². The van der Waals surface area contributed by atoms with Crippen LogP contribution in [0.1, 0.15) is 148 Å². The third kappa shape index (κ3) is 19.1. The molecule has 0 radical (unpaired) electrons. The van der Waals surface area contributed by atoms with Crippen molar-refractivity contribution in [1.29, 1.82) is 0 Å². The first kappa shape index (κ1) is 40.5. The Morgan fingerprint density at radius 2 is 0.848 bits per heavy atom. The van der Waals surface area contributed by atoms with Crippen LogP contribution in [-0.2, 0) is 6.42 Å². The molecule has 0 aliphatic heterocycles. The molecule has 1 rings (SSSR count). The van der Waals surface area contributed by atoms with Crippen molar-refractivity contribution >= 4 is 5.97 Å². The minimum Gasteiger partial charge on any atom is -0.504 e. The van der Waals surface area contributed by atoms with Crippen molar-refractivity contribution in [3.8, 4) is 11.5 Å². The summed E-state index contributed by atoms with van der Waals surface area (Å²) < 4.78 is 0. The molecule has 4 nitrogen and oxygen atoms in total. The van der Waals surface area contributed by atoms with Gasteiger partial charge in [-0.3, -0.25) is 0 Å². The van der Waals surface area contributed by atoms with Gasteiger partial charge in [-0.1, -0.05) is 81.5 Å². The Bertz CT molecular complexity index is 1320. The molecule has 0 aliphatic rings. The fourth-order valence-electron chi connectivity index (χ4n) is 5.17. The monoisotopic (exact) mass is 630 g/mol. The average molecular weight is 631 g/mol. The molecule has 0 aliphatic carbocycles. The van der Waals surface area contributed by atoms with E-state index in [-0.39, 0.29) is 11.3 Å². The molecule has 0 unspecified atom stereocenters. The van der Waals surface area contributed by atoms with Gasteiger partial charge in [-0.05, 0) is 151 Å². The molecule has 1 aromatic rings. The number of hydrogen-bond donors (Lipinski definition) is 3. The summed E-state index contributed by atoms with van der Waals surface area (Å²) in [6.45, 7) is 17.6. The Hall–Kier alpha value is -3.53. The van der Waals surface area contributed by atoms with Crippen LogP contribution in [-0.4, -0.2) is 21.3 Å². The topological polar surface area (TPSA) is 77.8 Å². The first-order valence-electron chi connectivity index (χ1n) is 17.1. The number of benzene rings is 1. The van der Waals surface area contributed by atoms with Gasteiger partial charge in [-0.2, -0.15) is 0 Å². The molecular weight excluding hydrogens is 568 g/mol. The molecule has 0 atom stereocenters. The summed E-state index contributed by atoms with van der Waals surface area (Å²) in [5, 5.41) is 29.1. The van der Waals surface area contributed by atoms with Crippen molar-refractivity contribution in [2.75, 3.05) is 0 Å². The van der Waals surface area contributed by atoms with Crippen LogP contribution in [0.2, 0.25) is 0 Å². The zero-order chi connectivity index (χ0) is 34.5. The van der Waals surface area contributed by atoms with E-state index in [9.17, 15) is 20.1 Å². The normalized spacial score (nSPS) is 13.7. The van der Waals surface area contributed by atoms with Gasteiger partial charge in [-0.15, -0.1) is 0 Å². The summed E-state index contributed by atoms with van der Waals surface area (Å²) in [5.74, 6) is -1.79. The van der Waals surface area contributed by atoms with Gasteiger partial charge in [0.15, 0.2) is 11.5 Å². The smallest absolute Gasteiger partial charge is 0.335 e. The second-order valence-corrected chi connectivity index (χ2v) is 13.3. The molecule has 1 aromatic carbocycles. The van der Waals surface area contributed by atoms with Crippen LogP contribution in [0.25, 0.3) is 0 Å². The number of aromatic hydroxyl groups is 2. The number of carboxylic acid groups (broad SMARTS) is 1. The highest BCUT2D eigenvalue weighted by molar-refractivity contribution is 5.89. The molecule has 0 spiro atoms. The van der Waals surface area contributed by atoms with Gasteiger partial charge in [0.05, 0.1) is 5.56 Å². The minimum atomic E-state index is -1.13. The fraction of sp³-hybridized carbons (Fsp3) is 0.500. The van der Waals surface area contributed by atoms with Crippen molar-refractivity contribution in [1.82, 2.24) is 0 Å². The molecule has 0 aromatic heterocycles. The molecule has 0 saturated carbocycles. The van der Waals surface area contributed by atoms with E-state index in [1.54, 1.807) is 0 Å². The van der Waals surface area contributed by atoms with E-state index < -0.39 is 11.7 Å². The lowest BCUT2D eigenvalue weighted by Gasteiger charge is -2.07. The van der Waals surface area contributed by atoms with Crippen molar-refractivity contribution in [2.45, 2.75) is 139 Å². The number of rotatable bonds is 21. The van der Waals surface area contributed by atoms with E-state index in [4.69, 9.17) is 0 Å². The van der Waals surface area contributed by atoms with Crippen molar-refractivity contribution < 1.29 is 20.1 Å². The molecule has 46 heavy (non-hydrogen) atoms. The summed E-state index contributed by atoms with van der Waals surface area (Å²) in [6.07, 6.45) is 29.6. The van der Waals surface area contributed by atoms with Crippen LogP contribution in [0.15, 0.2) is 93.7 Å². The highest BCUT2D eigenvalue weighted by Gasteiger charge is 2.12. The first-order valence-corrected chi connectivity index (χ1v) is 17.1. The molecule has 0 heterocycles. The maximum Gasteiger partial charge on any atom is 0.335 e. The summed E-state index contributed by atoms with van der Waals surface area (Å²) in [7, 11) is 0. The van der Waals surface area contributed by atoms with Crippen LogP contribution in [0, 0.1) is 0 Å². The summed E-state index contributed by atoms with van der Waals surface area (Å²) in [4.78, 5) is 11.2. The SMILES string of the molecule is CC(C)=CCCC(C)=CCCC(C)=CCCC(C)=CCCC(C)=CCCC(C)=CCCC(C)=CCc1cc(C(=O)O)cc(O)c1O. The standard InChI is InChI=1S/C42H62O4/c1-31(2)15-9-16-32(3)17-10-18-33(4)19-11-20-34(5)21-12-22-35(6)23-13-24-36(7)25-14-26-37(8)27-28-38-29-39(42(45)46)30-40(43)41(38)44/h15,17,19,21,23,25,27,29-30,43-44H,9-14,16,18,20,22,24,26,28H2,1-8H3,(H,45,46). The van der Waals surface area contributed by atoms with Gasteiger partial charge in [-0.25, -0.2) is 4.79 Å². The first-order chi connectivity index (χ1) is 21.8. The Balaban J connectivity index is 2.33. The van der Waals surface area contributed by atoms with Crippen LogP contribution in [0.4, 0.5) is 0 Å². The van der Waals surface area contributed by atoms with E-state index >= 15 is 0 Å². The summed E-state index contributed by atoms with van der Waals surface area (Å²) >= 11 is 0. The predicted molar refractivity (Wildman–Crippen MR) is 198 cm³/mol. The van der Waals surface area contributed by atoms with Crippen molar-refractivity contribution in [2.24, 2.45) is 0 Å². The molecular formula is C42H62O4. The molecule has 3 N–H and O–H groups in total. The quantitative estimate of drug-likeness (QED) is 0.0933. The minimum absolute atomic E-state index is 0.0320. The molecule has 4 heteroatoms. The van der Waals surface area contributed by atoms with E-state index in [0.29, 0.717) is 12.0 Å². The van der Waals surface area contributed by atoms with Gasteiger partial charge >= 0.3 is 5.97 Å². The summed E-state index contributed by atoms with van der Waals surface area (Å²) in [5.41, 5.74) is 10.3. The van der Waals surface area contributed by atoms with Crippen LogP contribution < -0.4 is 0 Å². The molecule has 254 valence electrons. The van der Waals surface area contributed by atoms with E-state index in [1.807, 2.05) is 13.0 Å². The van der Waals surface area contributed by atoms with Gasteiger partial charge in [0, 0.05) is 5.56 Å². The molecule has 0 saturated heterocycles. The van der Waals surface area contributed by atoms with Crippen LogP contribution in [0.5, 0.6) is 11.5 Å². The zero-order valence-corrected chi connectivity index (χ0v) is 30.1. The molecule has 0 bridgehead atoms. The lowest BCUT2D eigenvalue weighted by Crippen LogP contribution is -1.98. The highest BCUT2D eigenvalue weighted by Crippen LogP contribution is 2.31. The number of carboxylic acids is 1. The maximum absolute atomic E-state index is 11.2. The van der Waals surface area contributed by atoms with Crippen molar-refractivity contribution in [3.05, 3.63) is 105 Å².